The molecule has 0 bridgehead atoms. The molecule has 1 aromatic carbocycles. The lowest BCUT2D eigenvalue weighted by Gasteiger charge is -2.41. The number of benzene rings is 1. The topological polar surface area (TPSA) is 222 Å². The van der Waals surface area contributed by atoms with Gasteiger partial charge in [0.15, 0.2) is 11.5 Å². The Bertz CT molecular complexity index is 925. The third kappa shape index (κ3) is 3.65. The van der Waals surface area contributed by atoms with Crippen LogP contribution in [-0.2, 0) is 19.4 Å². The van der Waals surface area contributed by atoms with Gasteiger partial charge in [0, 0.05) is 0 Å². The van der Waals surface area contributed by atoms with Crippen molar-refractivity contribution in [1.82, 2.24) is 0 Å². The Kier molecular flexibility index (Phi) is 6.78. The van der Waals surface area contributed by atoms with E-state index in [0.717, 1.165) is 12.1 Å². The Labute approximate surface area is 170 Å². The number of ether oxygens (including phenoxy) is 1. The molecule has 0 spiro atoms. The molecular formula is C17H22O12S. The van der Waals surface area contributed by atoms with Gasteiger partial charge < -0.3 is 45.6 Å². The first-order chi connectivity index (χ1) is 13.8. The first-order valence-corrected chi connectivity index (χ1v) is 9.99. The Morgan fingerprint density at radius 3 is 2.17 bits per heavy atom. The fraction of sp³-hybridized carbons (Fsp3) is 0.471. The standard InChI is InChI=1S/C17H22O12S/c1-7-2-4-8(5-3-7)30(27,28)17(16(25)26)15(24)13(23)12(22)14(29-17)11(21)10(20)9(19)6-18/h2-5,9-12,14,18-24H,6H2,1H3,(H,25,26)/t9-,10-,11+,12+,14+,17?/m1/s1. The molecule has 6 atom stereocenters. The molecule has 0 saturated carbocycles. The summed E-state index contributed by atoms with van der Waals surface area (Å²) >= 11 is 0. The summed E-state index contributed by atoms with van der Waals surface area (Å²) in [6, 6.07) is 4.69. The van der Waals surface area contributed by atoms with Gasteiger partial charge >= 0.3 is 10.9 Å². The summed E-state index contributed by atoms with van der Waals surface area (Å²) in [6.45, 7) is 0.570. The van der Waals surface area contributed by atoms with Crippen LogP contribution >= 0.6 is 0 Å². The molecule has 12 nitrogen and oxygen atoms in total. The Morgan fingerprint density at radius 2 is 1.70 bits per heavy atom. The predicted octanol–water partition coefficient (Wildman–Crippen LogP) is -2.29. The molecule has 0 radical (unpaired) electrons. The summed E-state index contributed by atoms with van der Waals surface area (Å²) < 4.78 is 31.2. The zero-order valence-electron chi connectivity index (χ0n) is 15.5. The molecule has 0 aliphatic carbocycles. The first-order valence-electron chi connectivity index (χ1n) is 8.51. The molecule has 1 aliphatic rings. The quantitative estimate of drug-likeness (QED) is 0.220. The number of sulfone groups is 1. The van der Waals surface area contributed by atoms with E-state index in [0.29, 0.717) is 5.56 Å². The molecule has 13 heteroatoms. The van der Waals surface area contributed by atoms with E-state index in [9.17, 15) is 49.0 Å². The van der Waals surface area contributed by atoms with Crippen molar-refractivity contribution in [3.8, 4) is 0 Å². The van der Waals surface area contributed by atoms with Crippen LogP contribution in [0.25, 0.3) is 0 Å². The van der Waals surface area contributed by atoms with Crippen molar-refractivity contribution in [1.29, 1.82) is 0 Å². The van der Waals surface area contributed by atoms with Gasteiger partial charge in [-0.25, -0.2) is 13.2 Å². The van der Waals surface area contributed by atoms with Gasteiger partial charge in [-0.3, -0.25) is 0 Å². The Balaban J connectivity index is 2.69. The van der Waals surface area contributed by atoms with Gasteiger partial charge in [0.1, 0.15) is 30.5 Å². The fourth-order valence-corrected chi connectivity index (χ4v) is 4.56. The molecule has 1 unspecified atom stereocenters. The van der Waals surface area contributed by atoms with Gasteiger partial charge in [0.2, 0.25) is 9.84 Å². The minimum absolute atomic E-state index is 0.621. The van der Waals surface area contributed by atoms with Crippen molar-refractivity contribution in [3.05, 3.63) is 41.3 Å². The maximum Gasteiger partial charge on any atom is 0.360 e. The van der Waals surface area contributed by atoms with E-state index in [2.05, 4.69) is 0 Å². The molecule has 2 rings (SSSR count). The van der Waals surface area contributed by atoms with Gasteiger partial charge in [0.25, 0.3) is 0 Å². The number of hydrogen-bond acceptors (Lipinski definition) is 11. The number of aliphatic hydroxyl groups is 7. The van der Waals surface area contributed by atoms with E-state index in [1.807, 2.05) is 0 Å². The van der Waals surface area contributed by atoms with Crippen molar-refractivity contribution < 1.29 is 58.8 Å². The van der Waals surface area contributed by atoms with Crippen LogP contribution in [0.1, 0.15) is 5.56 Å². The summed E-state index contributed by atoms with van der Waals surface area (Å²) in [4.78, 5) is 7.71. The SMILES string of the molecule is Cc1ccc(S(=O)(=O)C2(C(=O)O)O[C@@H]([C@@H](O)[C@H](O)[C@H](O)CO)[C@@H](O)C(O)=C2O)cc1. The van der Waals surface area contributed by atoms with E-state index >= 15 is 0 Å². The molecule has 8 N–H and O–H groups in total. The van der Waals surface area contributed by atoms with Crippen LogP contribution in [0.2, 0.25) is 0 Å². The van der Waals surface area contributed by atoms with Crippen molar-refractivity contribution in [2.45, 2.75) is 47.3 Å². The predicted molar refractivity (Wildman–Crippen MR) is 97.0 cm³/mol. The maximum absolute atomic E-state index is 13.1. The van der Waals surface area contributed by atoms with Gasteiger partial charge in [-0.2, -0.15) is 0 Å². The Hall–Kier alpha value is -2.26. The van der Waals surface area contributed by atoms with E-state index < -0.39 is 74.3 Å². The number of rotatable bonds is 7. The van der Waals surface area contributed by atoms with Crippen LogP contribution in [0, 0.1) is 6.92 Å². The van der Waals surface area contributed by atoms with Gasteiger partial charge in [0.05, 0.1) is 11.5 Å². The van der Waals surface area contributed by atoms with Crippen molar-refractivity contribution >= 4 is 15.8 Å². The summed E-state index contributed by atoms with van der Waals surface area (Å²) in [5.74, 6) is -5.59. The van der Waals surface area contributed by atoms with Gasteiger partial charge in [-0.15, -0.1) is 0 Å². The number of hydrogen-bond donors (Lipinski definition) is 8. The minimum atomic E-state index is -5.17. The smallest absolute Gasteiger partial charge is 0.360 e. The number of carboxylic acids is 1. The highest BCUT2D eigenvalue weighted by Crippen LogP contribution is 2.41. The lowest BCUT2D eigenvalue weighted by atomic mass is 9.94. The molecule has 168 valence electrons. The summed E-state index contributed by atoms with van der Waals surface area (Å²) in [7, 11) is -5.17. The van der Waals surface area contributed by atoms with Crippen LogP contribution in [0.5, 0.6) is 0 Å². The monoisotopic (exact) mass is 450 g/mol. The van der Waals surface area contributed by atoms with E-state index in [1.54, 1.807) is 6.92 Å². The van der Waals surface area contributed by atoms with Crippen molar-refractivity contribution in [3.63, 3.8) is 0 Å². The molecule has 30 heavy (non-hydrogen) atoms. The zero-order valence-corrected chi connectivity index (χ0v) is 16.3. The zero-order chi connectivity index (χ0) is 23.0. The van der Waals surface area contributed by atoms with Crippen LogP contribution in [0.15, 0.2) is 40.7 Å². The fourth-order valence-electron chi connectivity index (χ4n) is 2.90. The third-order valence-corrected chi connectivity index (χ3v) is 6.82. The maximum atomic E-state index is 13.1. The lowest BCUT2D eigenvalue weighted by Crippen LogP contribution is -2.63. The Morgan fingerprint density at radius 1 is 1.17 bits per heavy atom. The van der Waals surface area contributed by atoms with Crippen LogP contribution in [0.4, 0.5) is 0 Å². The number of carboxylic acid groups (broad SMARTS) is 1. The van der Waals surface area contributed by atoms with E-state index in [-0.39, 0.29) is 0 Å². The highest BCUT2D eigenvalue weighted by Gasteiger charge is 2.65. The average molecular weight is 450 g/mol. The lowest BCUT2D eigenvalue weighted by molar-refractivity contribution is -0.203. The van der Waals surface area contributed by atoms with Crippen LogP contribution in [-0.4, -0.2) is 97.3 Å². The summed E-state index contributed by atoms with van der Waals surface area (Å²) in [5.41, 5.74) is 0.621. The molecule has 0 aromatic heterocycles. The molecule has 0 fully saturated rings. The van der Waals surface area contributed by atoms with Gasteiger partial charge in [-0.05, 0) is 19.1 Å². The second-order valence-corrected chi connectivity index (χ2v) is 8.78. The van der Waals surface area contributed by atoms with Crippen molar-refractivity contribution in [2.24, 2.45) is 0 Å². The van der Waals surface area contributed by atoms with Crippen molar-refractivity contribution in [2.75, 3.05) is 6.61 Å². The first kappa shape index (κ1) is 24.0. The van der Waals surface area contributed by atoms with E-state index in [4.69, 9.17) is 9.84 Å². The summed E-state index contributed by atoms with van der Waals surface area (Å²) in [6.07, 6.45) is -11.3. The number of aliphatic hydroxyl groups excluding tert-OH is 7. The molecule has 0 saturated heterocycles. The van der Waals surface area contributed by atoms with Crippen LogP contribution in [0.3, 0.4) is 0 Å². The second kappa shape index (κ2) is 8.47. The minimum Gasteiger partial charge on any atom is -0.506 e. The number of aliphatic carboxylic acids is 1. The number of carbonyl (C=O) groups is 1. The third-order valence-electron chi connectivity index (χ3n) is 4.71. The highest BCUT2D eigenvalue weighted by molar-refractivity contribution is 7.93. The van der Waals surface area contributed by atoms with Crippen LogP contribution < -0.4 is 0 Å². The van der Waals surface area contributed by atoms with Gasteiger partial charge in [-0.1, -0.05) is 17.7 Å². The molecule has 1 aromatic rings. The second-order valence-electron chi connectivity index (χ2n) is 6.73. The average Bonchev–Trinajstić information content (AvgIpc) is 2.70. The molecular weight excluding hydrogens is 428 g/mol. The highest BCUT2D eigenvalue weighted by atomic mass is 32.2. The molecule has 1 aliphatic heterocycles. The largest absolute Gasteiger partial charge is 0.506 e. The normalized spacial score (nSPS) is 28.1. The number of aryl methyl sites for hydroxylation is 1. The summed E-state index contributed by atoms with van der Waals surface area (Å²) in [5, 5.41) is 78.5. The molecule has 0 amide bonds. The molecule has 1 heterocycles. The van der Waals surface area contributed by atoms with E-state index in [1.165, 1.54) is 12.1 Å².